The molecule has 22 heavy (non-hydrogen) atoms. The van der Waals surface area contributed by atoms with Crippen molar-refractivity contribution in [2.24, 2.45) is 0 Å². The third kappa shape index (κ3) is 4.58. The maximum Gasteiger partial charge on any atom is 0.330 e. The minimum absolute atomic E-state index is 0.0515. The summed E-state index contributed by atoms with van der Waals surface area (Å²) in [6.07, 6.45) is 4.89. The van der Waals surface area contributed by atoms with Crippen molar-refractivity contribution in [1.82, 2.24) is 0 Å². The van der Waals surface area contributed by atoms with Crippen LogP contribution in [-0.2, 0) is 9.53 Å². The molecule has 1 saturated carbocycles. The van der Waals surface area contributed by atoms with E-state index < -0.39 is 4.92 Å². The number of carbonyl (C=O) groups is 1. The molecular formula is C16H19NO5. The number of hydrogen-bond donors (Lipinski definition) is 0. The second-order valence-corrected chi connectivity index (χ2v) is 5.12. The van der Waals surface area contributed by atoms with E-state index >= 15 is 0 Å². The van der Waals surface area contributed by atoms with Crippen molar-refractivity contribution >= 4 is 11.7 Å². The van der Waals surface area contributed by atoms with E-state index in [-0.39, 0.29) is 17.8 Å². The van der Waals surface area contributed by atoms with Gasteiger partial charge >= 0.3 is 5.97 Å². The summed E-state index contributed by atoms with van der Waals surface area (Å²) in [6.45, 7) is 2.17. The lowest BCUT2D eigenvalue weighted by atomic mass is 9.92. The summed E-state index contributed by atoms with van der Waals surface area (Å²) in [5, 5.41) is 10.6. The molecule has 1 aromatic carbocycles. The number of benzene rings is 1. The van der Waals surface area contributed by atoms with Crippen LogP contribution in [0.25, 0.3) is 0 Å². The second kappa shape index (κ2) is 7.59. The minimum Gasteiger partial charge on any atom is -0.490 e. The highest BCUT2D eigenvalue weighted by Crippen LogP contribution is 2.28. The summed E-state index contributed by atoms with van der Waals surface area (Å²) < 4.78 is 10.7. The Hall–Kier alpha value is -2.37. The molecule has 0 atom stereocenters. The Balaban J connectivity index is 1.84. The van der Waals surface area contributed by atoms with Gasteiger partial charge in [0.25, 0.3) is 5.69 Å². The zero-order chi connectivity index (χ0) is 15.9. The van der Waals surface area contributed by atoms with Crippen LogP contribution in [0.5, 0.6) is 5.75 Å². The maximum absolute atomic E-state index is 11.4. The van der Waals surface area contributed by atoms with Crippen molar-refractivity contribution in [3.05, 3.63) is 46.0 Å². The third-order valence-corrected chi connectivity index (χ3v) is 3.53. The number of nitro groups is 1. The highest BCUT2D eigenvalue weighted by molar-refractivity contribution is 5.82. The number of esters is 1. The fraction of sp³-hybridized carbons (Fsp3) is 0.438. The van der Waals surface area contributed by atoms with Crippen LogP contribution in [-0.4, -0.2) is 23.6 Å². The number of nitrogens with zero attached hydrogens (tertiary/aromatic N) is 1. The van der Waals surface area contributed by atoms with Crippen LogP contribution < -0.4 is 4.74 Å². The van der Waals surface area contributed by atoms with Gasteiger partial charge < -0.3 is 9.47 Å². The number of carbonyl (C=O) groups excluding carboxylic acids is 1. The molecule has 0 saturated heterocycles. The molecule has 6 heteroatoms. The molecule has 0 heterocycles. The number of allylic oxidation sites excluding steroid dienone is 1. The van der Waals surface area contributed by atoms with Crippen molar-refractivity contribution in [2.45, 2.75) is 38.7 Å². The van der Waals surface area contributed by atoms with Crippen LogP contribution >= 0.6 is 0 Å². The zero-order valence-electron chi connectivity index (χ0n) is 12.5. The largest absolute Gasteiger partial charge is 0.490 e. The summed E-state index contributed by atoms with van der Waals surface area (Å²) >= 11 is 0. The summed E-state index contributed by atoms with van der Waals surface area (Å²) in [4.78, 5) is 21.5. The Labute approximate surface area is 128 Å². The molecule has 0 radical (unpaired) electrons. The van der Waals surface area contributed by atoms with Crippen molar-refractivity contribution < 1.29 is 19.2 Å². The Bertz CT molecular complexity index is 554. The fourth-order valence-corrected chi connectivity index (χ4v) is 2.41. The topological polar surface area (TPSA) is 78.7 Å². The first-order valence-electron chi connectivity index (χ1n) is 7.35. The van der Waals surface area contributed by atoms with E-state index in [1.165, 1.54) is 12.1 Å². The Kier molecular flexibility index (Phi) is 5.52. The van der Waals surface area contributed by atoms with E-state index in [2.05, 4.69) is 0 Å². The van der Waals surface area contributed by atoms with Gasteiger partial charge in [-0.05, 0) is 44.7 Å². The maximum atomic E-state index is 11.4. The average molecular weight is 305 g/mol. The van der Waals surface area contributed by atoms with Gasteiger partial charge in [0.15, 0.2) is 0 Å². The Morgan fingerprint density at radius 1 is 1.32 bits per heavy atom. The molecule has 1 aliphatic carbocycles. The highest BCUT2D eigenvalue weighted by Gasteiger charge is 2.19. The van der Waals surface area contributed by atoms with Crippen LogP contribution in [0.3, 0.4) is 0 Å². The standard InChI is InChI=1S/C16H19NO5/c1-2-21-16(18)11-12-3-7-14(8-4-12)22-15-9-5-13(6-10-15)17(19)20/h5-6,9-11,14H,2-4,7-8H2,1H3. The van der Waals surface area contributed by atoms with Crippen LogP contribution in [0.4, 0.5) is 5.69 Å². The van der Waals surface area contributed by atoms with Crippen molar-refractivity contribution in [1.29, 1.82) is 0 Å². The molecule has 0 spiro atoms. The Morgan fingerprint density at radius 3 is 2.50 bits per heavy atom. The van der Waals surface area contributed by atoms with E-state index in [0.717, 1.165) is 31.3 Å². The SMILES string of the molecule is CCOC(=O)C=C1CCC(Oc2ccc([N+](=O)[O-])cc2)CC1. The molecule has 1 aliphatic rings. The van der Waals surface area contributed by atoms with Gasteiger partial charge in [-0.3, -0.25) is 10.1 Å². The van der Waals surface area contributed by atoms with E-state index in [9.17, 15) is 14.9 Å². The van der Waals surface area contributed by atoms with Gasteiger partial charge in [-0.2, -0.15) is 0 Å². The molecule has 0 N–H and O–H groups in total. The van der Waals surface area contributed by atoms with Crippen molar-refractivity contribution in [3.8, 4) is 5.75 Å². The van der Waals surface area contributed by atoms with E-state index in [4.69, 9.17) is 9.47 Å². The number of nitro benzene ring substituents is 1. The molecule has 1 fully saturated rings. The van der Waals surface area contributed by atoms with Gasteiger partial charge in [0, 0.05) is 18.2 Å². The molecule has 0 amide bonds. The smallest absolute Gasteiger partial charge is 0.330 e. The van der Waals surface area contributed by atoms with Crippen LogP contribution in [0.15, 0.2) is 35.9 Å². The molecule has 2 rings (SSSR count). The highest BCUT2D eigenvalue weighted by atomic mass is 16.6. The van der Waals surface area contributed by atoms with Crippen LogP contribution in [0.2, 0.25) is 0 Å². The third-order valence-electron chi connectivity index (χ3n) is 3.53. The number of rotatable bonds is 5. The van der Waals surface area contributed by atoms with Gasteiger partial charge in [-0.25, -0.2) is 4.79 Å². The summed E-state index contributed by atoms with van der Waals surface area (Å²) in [5.41, 5.74) is 1.14. The lowest BCUT2D eigenvalue weighted by Crippen LogP contribution is -2.21. The van der Waals surface area contributed by atoms with Gasteiger partial charge in [-0.1, -0.05) is 5.57 Å². The quantitative estimate of drug-likeness (QED) is 0.360. The number of ether oxygens (including phenoxy) is 2. The van der Waals surface area contributed by atoms with Gasteiger partial charge in [0.1, 0.15) is 5.75 Å². The normalized spacial score (nSPS) is 17.7. The Morgan fingerprint density at radius 2 is 1.95 bits per heavy atom. The average Bonchev–Trinajstić information content (AvgIpc) is 2.50. The monoisotopic (exact) mass is 305 g/mol. The summed E-state index contributed by atoms with van der Waals surface area (Å²) in [5.74, 6) is 0.348. The van der Waals surface area contributed by atoms with Crippen LogP contribution in [0, 0.1) is 10.1 Å². The van der Waals surface area contributed by atoms with E-state index in [1.54, 1.807) is 25.1 Å². The molecular weight excluding hydrogens is 286 g/mol. The summed E-state index contributed by atoms with van der Waals surface area (Å²) in [7, 11) is 0. The molecule has 0 unspecified atom stereocenters. The molecule has 6 nitrogen and oxygen atoms in total. The lowest BCUT2D eigenvalue weighted by molar-refractivity contribution is -0.384. The van der Waals surface area contributed by atoms with E-state index in [1.807, 2.05) is 0 Å². The first-order valence-corrected chi connectivity index (χ1v) is 7.35. The number of hydrogen-bond acceptors (Lipinski definition) is 5. The van der Waals surface area contributed by atoms with Gasteiger partial charge in [0.2, 0.25) is 0 Å². The van der Waals surface area contributed by atoms with Crippen LogP contribution in [0.1, 0.15) is 32.6 Å². The molecule has 1 aromatic rings. The number of non-ortho nitro benzene ring substituents is 1. The van der Waals surface area contributed by atoms with Gasteiger partial charge in [-0.15, -0.1) is 0 Å². The molecule has 0 aromatic heterocycles. The van der Waals surface area contributed by atoms with E-state index in [0.29, 0.717) is 12.4 Å². The molecule has 118 valence electrons. The molecule has 0 aliphatic heterocycles. The second-order valence-electron chi connectivity index (χ2n) is 5.12. The summed E-state index contributed by atoms with van der Waals surface area (Å²) in [6, 6.07) is 6.10. The zero-order valence-corrected chi connectivity index (χ0v) is 12.5. The lowest BCUT2D eigenvalue weighted by Gasteiger charge is -2.24. The predicted molar refractivity (Wildman–Crippen MR) is 80.7 cm³/mol. The first kappa shape index (κ1) is 16.0. The van der Waals surface area contributed by atoms with Crippen molar-refractivity contribution in [3.63, 3.8) is 0 Å². The molecule has 0 bridgehead atoms. The minimum atomic E-state index is -0.434. The fourth-order valence-electron chi connectivity index (χ4n) is 2.41. The van der Waals surface area contributed by atoms with Gasteiger partial charge in [0.05, 0.1) is 17.6 Å². The first-order chi connectivity index (χ1) is 10.6. The predicted octanol–water partition coefficient (Wildman–Crippen LogP) is 3.41. The van der Waals surface area contributed by atoms with Crippen molar-refractivity contribution in [2.75, 3.05) is 6.61 Å².